The number of ether oxygens (including phenoxy) is 1. The summed E-state index contributed by atoms with van der Waals surface area (Å²) >= 11 is 0. The van der Waals surface area contributed by atoms with Gasteiger partial charge in [-0.25, -0.2) is 4.79 Å². The number of ketones is 2. The molecule has 0 spiro atoms. The van der Waals surface area contributed by atoms with Crippen LogP contribution in [0.5, 0.6) is 11.5 Å². The van der Waals surface area contributed by atoms with E-state index in [0.717, 1.165) is 0 Å². The van der Waals surface area contributed by atoms with E-state index in [0.29, 0.717) is 27.2 Å². The van der Waals surface area contributed by atoms with Crippen LogP contribution in [0.3, 0.4) is 0 Å². The van der Waals surface area contributed by atoms with E-state index < -0.39 is 41.5 Å². The summed E-state index contributed by atoms with van der Waals surface area (Å²) in [6.45, 7) is 1.58. The van der Waals surface area contributed by atoms with Crippen molar-refractivity contribution in [2.45, 2.75) is 25.7 Å². The number of amides is 4. The zero-order chi connectivity index (χ0) is 24.5. The first kappa shape index (κ1) is 21.8. The van der Waals surface area contributed by atoms with E-state index >= 15 is 0 Å². The number of aromatic hydroxyl groups is 1. The molecule has 0 bridgehead atoms. The van der Waals surface area contributed by atoms with Crippen molar-refractivity contribution in [3.8, 4) is 11.5 Å². The molecule has 1 aliphatic heterocycles. The SMILES string of the molecule is COc1ccc([C@H]2C3=CC[C@@H]4C(=O)N(C(N)=O)C(=O)[C@@H]4[C@@H]3CC3=C2C(=O)C(C)=CC3=O)cc1O. The quantitative estimate of drug-likeness (QED) is 0.388. The first-order valence-electron chi connectivity index (χ1n) is 10.9. The molecule has 9 heteroatoms. The molecule has 34 heavy (non-hydrogen) atoms. The Kier molecular flexibility index (Phi) is 4.82. The second-order valence-corrected chi connectivity index (χ2v) is 9.01. The van der Waals surface area contributed by atoms with Crippen molar-refractivity contribution in [3.05, 3.63) is 58.2 Å². The number of hydrogen-bond acceptors (Lipinski definition) is 7. The lowest BCUT2D eigenvalue weighted by Gasteiger charge is -2.42. The van der Waals surface area contributed by atoms with Crippen molar-refractivity contribution < 1.29 is 33.8 Å². The highest BCUT2D eigenvalue weighted by Gasteiger charge is 2.57. The number of likely N-dealkylation sites (tertiary alicyclic amines) is 1. The second-order valence-electron chi connectivity index (χ2n) is 9.01. The largest absolute Gasteiger partial charge is 0.504 e. The Morgan fingerprint density at radius 2 is 1.88 bits per heavy atom. The van der Waals surface area contributed by atoms with Crippen LogP contribution in [-0.4, -0.2) is 46.5 Å². The molecule has 1 heterocycles. The number of imide groups is 3. The number of phenols is 1. The Balaban J connectivity index is 1.70. The first-order chi connectivity index (χ1) is 16.1. The predicted molar refractivity (Wildman–Crippen MR) is 117 cm³/mol. The maximum Gasteiger partial charge on any atom is 0.328 e. The summed E-state index contributed by atoms with van der Waals surface area (Å²) in [5, 5.41) is 10.4. The number of nitrogens with two attached hydrogens (primary N) is 1. The average Bonchev–Trinajstić information content (AvgIpc) is 3.06. The van der Waals surface area contributed by atoms with Gasteiger partial charge in [-0.1, -0.05) is 17.7 Å². The third-order valence-corrected chi connectivity index (χ3v) is 7.32. The highest BCUT2D eigenvalue weighted by atomic mass is 16.5. The van der Waals surface area contributed by atoms with Crippen LogP contribution in [0, 0.1) is 17.8 Å². The molecule has 0 radical (unpaired) electrons. The van der Waals surface area contributed by atoms with Crippen LogP contribution in [-0.2, 0) is 19.2 Å². The number of methoxy groups -OCH3 is 1. The van der Waals surface area contributed by atoms with E-state index in [4.69, 9.17) is 10.5 Å². The van der Waals surface area contributed by atoms with Gasteiger partial charge in [0.2, 0.25) is 11.8 Å². The number of carbonyl (C=O) groups is 5. The first-order valence-corrected chi connectivity index (χ1v) is 10.9. The zero-order valence-corrected chi connectivity index (χ0v) is 18.5. The average molecular weight is 462 g/mol. The van der Waals surface area contributed by atoms with Gasteiger partial charge in [-0.3, -0.25) is 19.2 Å². The van der Waals surface area contributed by atoms with Gasteiger partial charge in [-0.2, -0.15) is 4.90 Å². The van der Waals surface area contributed by atoms with Crippen molar-refractivity contribution in [3.63, 3.8) is 0 Å². The van der Waals surface area contributed by atoms with Crippen LogP contribution in [0.1, 0.15) is 31.2 Å². The van der Waals surface area contributed by atoms with Crippen LogP contribution in [0.15, 0.2) is 52.6 Å². The van der Waals surface area contributed by atoms with Crippen LogP contribution in [0.4, 0.5) is 4.79 Å². The van der Waals surface area contributed by atoms with Gasteiger partial charge < -0.3 is 15.6 Å². The van der Waals surface area contributed by atoms with E-state index in [1.54, 1.807) is 19.1 Å². The summed E-state index contributed by atoms with van der Waals surface area (Å²) in [4.78, 5) is 64.5. The summed E-state index contributed by atoms with van der Waals surface area (Å²) in [6, 6.07) is 3.62. The Labute approximate surface area is 194 Å². The molecule has 9 nitrogen and oxygen atoms in total. The van der Waals surface area contributed by atoms with Crippen molar-refractivity contribution in [1.82, 2.24) is 4.90 Å². The van der Waals surface area contributed by atoms with Gasteiger partial charge in [0.15, 0.2) is 23.1 Å². The molecule has 0 aromatic heterocycles. The normalized spacial score (nSPS) is 28.2. The van der Waals surface area contributed by atoms with Gasteiger partial charge in [0.1, 0.15) is 0 Å². The van der Waals surface area contributed by atoms with E-state index in [2.05, 4.69) is 0 Å². The summed E-state index contributed by atoms with van der Waals surface area (Å²) in [5.74, 6) is -4.69. The molecule has 1 aromatic carbocycles. The Bertz CT molecular complexity index is 1300. The molecular weight excluding hydrogens is 440 g/mol. The summed E-state index contributed by atoms with van der Waals surface area (Å²) in [6.07, 6.45) is 3.41. The highest BCUT2D eigenvalue weighted by Crippen LogP contribution is 2.55. The minimum atomic E-state index is -1.12. The summed E-state index contributed by atoms with van der Waals surface area (Å²) in [5.41, 5.74) is 7.49. The lowest BCUT2D eigenvalue weighted by Crippen LogP contribution is -2.42. The van der Waals surface area contributed by atoms with Crippen LogP contribution in [0.25, 0.3) is 0 Å². The maximum absolute atomic E-state index is 13.3. The molecule has 4 aliphatic rings. The van der Waals surface area contributed by atoms with Gasteiger partial charge >= 0.3 is 6.03 Å². The molecule has 3 N–H and O–H groups in total. The molecule has 1 aromatic rings. The third kappa shape index (κ3) is 2.89. The number of allylic oxidation sites excluding steroid dienone is 6. The lowest BCUT2D eigenvalue weighted by atomic mass is 9.59. The van der Waals surface area contributed by atoms with Gasteiger partial charge in [-0.05, 0) is 49.5 Å². The number of Topliss-reactive ketones (excluding diaryl/α,β-unsaturated/α-hetero) is 1. The predicted octanol–water partition coefficient (Wildman–Crippen LogP) is 1.91. The summed E-state index contributed by atoms with van der Waals surface area (Å²) in [7, 11) is 1.42. The molecule has 174 valence electrons. The monoisotopic (exact) mass is 462 g/mol. The number of hydrogen-bond donors (Lipinski definition) is 2. The number of nitrogens with zero attached hydrogens (tertiary/aromatic N) is 1. The van der Waals surface area contributed by atoms with E-state index in [9.17, 15) is 29.1 Å². The molecule has 5 rings (SSSR count). The molecule has 0 saturated carbocycles. The maximum atomic E-state index is 13.3. The molecule has 1 saturated heterocycles. The number of carbonyl (C=O) groups excluding carboxylic acids is 5. The third-order valence-electron chi connectivity index (χ3n) is 7.32. The molecule has 4 amide bonds. The zero-order valence-electron chi connectivity index (χ0n) is 18.5. The van der Waals surface area contributed by atoms with Gasteiger partial charge in [0.05, 0.1) is 18.9 Å². The molecule has 4 atom stereocenters. The van der Waals surface area contributed by atoms with Crippen molar-refractivity contribution in [2.24, 2.45) is 23.5 Å². The fraction of sp³-hybridized carbons (Fsp3) is 0.320. The van der Waals surface area contributed by atoms with E-state index in [1.165, 1.54) is 19.3 Å². The van der Waals surface area contributed by atoms with Gasteiger partial charge in [0, 0.05) is 22.6 Å². The number of primary amides is 1. The standard InChI is InChI=1S/C25H22N2O7/c1-10-7-16(28)15-9-14-12(4-5-13-20(14)24(32)27(23(13)31)25(26)33)19(21(15)22(10)30)11-3-6-18(34-2)17(29)8-11/h3-4,6-8,13-14,19-20,29H,5,9H2,1-2H3,(H2,26,33)/t13-,14+,19-,20-/m0/s1. The van der Waals surface area contributed by atoms with E-state index in [-0.39, 0.29) is 41.5 Å². The molecule has 1 fully saturated rings. The number of benzene rings is 1. The number of fused-ring (bicyclic) bond motifs is 3. The summed E-state index contributed by atoms with van der Waals surface area (Å²) < 4.78 is 5.13. The molecule has 0 unspecified atom stereocenters. The smallest absolute Gasteiger partial charge is 0.328 e. The Hall–Kier alpha value is -4.01. The van der Waals surface area contributed by atoms with Gasteiger partial charge in [-0.15, -0.1) is 0 Å². The van der Waals surface area contributed by atoms with E-state index in [1.807, 2.05) is 6.08 Å². The fourth-order valence-electron chi connectivity index (χ4n) is 5.84. The number of urea groups is 1. The van der Waals surface area contributed by atoms with Crippen LogP contribution < -0.4 is 10.5 Å². The molecular formula is C25H22N2O7. The number of rotatable bonds is 2. The Morgan fingerprint density at radius 3 is 2.53 bits per heavy atom. The topological polar surface area (TPSA) is 144 Å². The minimum absolute atomic E-state index is 0.0982. The molecule has 3 aliphatic carbocycles. The van der Waals surface area contributed by atoms with Crippen molar-refractivity contribution >= 4 is 29.4 Å². The second kappa shape index (κ2) is 7.51. The lowest BCUT2D eigenvalue weighted by molar-refractivity contribution is -0.136. The number of phenolic OH excluding ortho intramolecular Hbond substituents is 1. The van der Waals surface area contributed by atoms with Crippen LogP contribution in [0.2, 0.25) is 0 Å². The van der Waals surface area contributed by atoms with Crippen molar-refractivity contribution in [2.75, 3.05) is 7.11 Å². The van der Waals surface area contributed by atoms with Crippen molar-refractivity contribution in [1.29, 1.82) is 0 Å². The van der Waals surface area contributed by atoms with Crippen LogP contribution >= 0.6 is 0 Å². The fourth-order valence-corrected chi connectivity index (χ4v) is 5.84. The minimum Gasteiger partial charge on any atom is -0.504 e. The Morgan fingerprint density at radius 1 is 1.15 bits per heavy atom. The van der Waals surface area contributed by atoms with Gasteiger partial charge in [0.25, 0.3) is 0 Å². The highest BCUT2D eigenvalue weighted by molar-refractivity contribution is 6.24.